The van der Waals surface area contributed by atoms with Crippen molar-refractivity contribution in [2.45, 2.75) is 32.9 Å². The number of thiocarbonyl (C=S) groups is 1. The largest absolute Gasteiger partial charge is 0.465 e. The zero-order valence-corrected chi connectivity index (χ0v) is 20.6. The number of aryl methyl sites for hydroxylation is 1. The molecular formula is C24H25BrN4O2S. The molecular weight excluding hydrogens is 488 g/mol. The molecule has 0 radical (unpaired) electrons. The Balaban J connectivity index is 1.83. The van der Waals surface area contributed by atoms with Gasteiger partial charge in [0.15, 0.2) is 5.11 Å². The fraction of sp³-hybridized carbons (Fsp3) is 0.292. The summed E-state index contributed by atoms with van der Waals surface area (Å²) in [5, 5.41) is 3.91. The van der Waals surface area contributed by atoms with Gasteiger partial charge in [-0.25, -0.2) is 0 Å². The summed E-state index contributed by atoms with van der Waals surface area (Å²) in [6.45, 7) is 6.39. The van der Waals surface area contributed by atoms with Crippen LogP contribution >= 0.6 is 28.1 Å². The van der Waals surface area contributed by atoms with Crippen molar-refractivity contribution in [2.24, 2.45) is 0 Å². The molecule has 1 aliphatic heterocycles. The Morgan fingerprint density at radius 2 is 1.97 bits per heavy atom. The summed E-state index contributed by atoms with van der Waals surface area (Å²) < 4.78 is 8.46. The predicted octanol–water partition coefficient (Wildman–Crippen LogP) is 4.79. The summed E-state index contributed by atoms with van der Waals surface area (Å²) in [5.41, 5.74) is 5.20. The van der Waals surface area contributed by atoms with Crippen LogP contribution in [-0.2, 0) is 9.53 Å². The monoisotopic (exact) mass is 512 g/mol. The van der Waals surface area contributed by atoms with Crippen molar-refractivity contribution < 1.29 is 9.53 Å². The third-order valence-electron chi connectivity index (χ3n) is 5.68. The molecule has 8 heteroatoms. The lowest BCUT2D eigenvalue weighted by Gasteiger charge is -2.27. The topological polar surface area (TPSA) is 59.4 Å². The highest BCUT2D eigenvalue weighted by atomic mass is 79.9. The number of carbonyl (C=O) groups excluding carboxylic acids is 1. The van der Waals surface area contributed by atoms with Crippen molar-refractivity contribution in [3.05, 3.63) is 81.8 Å². The second-order valence-corrected chi connectivity index (χ2v) is 8.91. The Morgan fingerprint density at radius 3 is 2.66 bits per heavy atom. The number of nitrogens with zero attached hydrogens (tertiary/aromatic N) is 3. The van der Waals surface area contributed by atoms with Gasteiger partial charge in [-0.05, 0) is 84.8 Å². The van der Waals surface area contributed by atoms with Crippen LogP contribution in [0.15, 0.2) is 59.2 Å². The van der Waals surface area contributed by atoms with Crippen LogP contribution in [0, 0.1) is 13.8 Å². The summed E-state index contributed by atoms with van der Waals surface area (Å²) in [4.78, 5) is 18.9. The van der Waals surface area contributed by atoms with Crippen LogP contribution in [0.4, 0.5) is 0 Å². The van der Waals surface area contributed by atoms with Gasteiger partial charge in [0, 0.05) is 22.1 Å². The number of aromatic nitrogens is 2. The first-order valence-corrected chi connectivity index (χ1v) is 11.7. The van der Waals surface area contributed by atoms with Gasteiger partial charge in [0.2, 0.25) is 0 Å². The zero-order chi connectivity index (χ0) is 22.8. The van der Waals surface area contributed by atoms with E-state index in [9.17, 15) is 4.79 Å². The van der Waals surface area contributed by atoms with Gasteiger partial charge >= 0.3 is 5.97 Å². The Labute approximate surface area is 201 Å². The maximum Gasteiger partial charge on any atom is 0.325 e. The number of esters is 1. The third kappa shape index (κ3) is 4.17. The molecule has 0 spiro atoms. The fourth-order valence-corrected chi connectivity index (χ4v) is 5.12. The minimum absolute atomic E-state index is 0.0758. The first kappa shape index (κ1) is 22.5. The summed E-state index contributed by atoms with van der Waals surface area (Å²) >= 11 is 9.34. The van der Waals surface area contributed by atoms with Crippen molar-refractivity contribution >= 4 is 39.2 Å². The molecule has 6 nitrogen and oxygen atoms in total. The van der Waals surface area contributed by atoms with E-state index in [1.54, 1.807) is 13.1 Å². The molecule has 1 saturated heterocycles. The molecule has 1 aromatic carbocycles. The Hall–Kier alpha value is -2.71. The molecule has 0 bridgehead atoms. The van der Waals surface area contributed by atoms with Crippen molar-refractivity contribution in [2.75, 3.05) is 13.2 Å². The molecule has 3 aromatic rings. The standard InChI is InChI=1S/C24H25BrN4O2S/c1-4-31-21(30)14-28-23(22(27-24(28)32)19-10-7-8-12-26-19)17-13-15(2)29(16(17)3)20-11-6-5-9-18(20)25/h5-13,22-23H,4,14H2,1-3H3,(H,27,32)/t22-,23-/m0/s1. The molecule has 0 aliphatic carbocycles. The second-order valence-electron chi connectivity index (χ2n) is 7.67. The molecule has 1 fully saturated rings. The smallest absolute Gasteiger partial charge is 0.325 e. The number of carbonyl (C=O) groups is 1. The van der Waals surface area contributed by atoms with E-state index in [1.165, 1.54) is 0 Å². The number of ether oxygens (including phenoxy) is 1. The van der Waals surface area contributed by atoms with Gasteiger partial charge in [0.25, 0.3) is 0 Å². The van der Waals surface area contributed by atoms with E-state index < -0.39 is 0 Å². The van der Waals surface area contributed by atoms with Crippen LogP contribution in [0.25, 0.3) is 5.69 Å². The average Bonchev–Trinajstić information content (AvgIpc) is 3.25. The Morgan fingerprint density at radius 1 is 1.22 bits per heavy atom. The quantitative estimate of drug-likeness (QED) is 0.378. The number of halogens is 1. The van der Waals surface area contributed by atoms with Crippen LogP contribution < -0.4 is 5.32 Å². The fourth-order valence-electron chi connectivity index (χ4n) is 4.35. The number of rotatable bonds is 6. The molecule has 0 unspecified atom stereocenters. The number of benzene rings is 1. The lowest BCUT2D eigenvalue weighted by Crippen LogP contribution is -2.35. The highest BCUT2D eigenvalue weighted by Gasteiger charge is 2.42. The first-order valence-electron chi connectivity index (χ1n) is 10.5. The minimum atomic E-state index is -0.303. The number of pyridine rings is 1. The lowest BCUT2D eigenvalue weighted by atomic mass is 9.97. The summed E-state index contributed by atoms with van der Waals surface area (Å²) in [5.74, 6) is -0.303. The minimum Gasteiger partial charge on any atom is -0.465 e. The van der Waals surface area contributed by atoms with Gasteiger partial charge in [-0.1, -0.05) is 18.2 Å². The van der Waals surface area contributed by atoms with Gasteiger partial charge in [-0.2, -0.15) is 0 Å². The van der Waals surface area contributed by atoms with E-state index in [-0.39, 0.29) is 24.6 Å². The molecule has 0 amide bonds. The van der Waals surface area contributed by atoms with Crippen LogP contribution in [0.3, 0.4) is 0 Å². The maximum absolute atomic E-state index is 12.4. The van der Waals surface area contributed by atoms with Crippen LogP contribution in [-0.4, -0.2) is 38.7 Å². The van der Waals surface area contributed by atoms with Crippen molar-refractivity contribution in [1.82, 2.24) is 19.8 Å². The molecule has 4 rings (SSSR count). The van der Waals surface area contributed by atoms with Crippen molar-refractivity contribution in [3.8, 4) is 5.69 Å². The van der Waals surface area contributed by atoms with Crippen molar-refractivity contribution in [1.29, 1.82) is 0 Å². The lowest BCUT2D eigenvalue weighted by molar-refractivity contribution is -0.143. The average molecular weight is 513 g/mol. The van der Waals surface area contributed by atoms with E-state index in [4.69, 9.17) is 17.0 Å². The van der Waals surface area contributed by atoms with Gasteiger partial charge in [0.1, 0.15) is 6.54 Å². The van der Waals surface area contributed by atoms with E-state index in [0.717, 1.165) is 32.8 Å². The highest BCUT2D eigenvalue weighted by molar-refractivity contribution is 9.10. The Bertz CT molecular complexity index is 1150. The molecule has 166 valence electrons. The van der Waals surface area contributed by atoms with Gasteiger partial charge in [0.05, 0.1) is 30.1 Å². The summed E-state index contributed by atoms with van der Waals surface area (Å²) in [6.07, 6.45) is 1.77. The number of para-hydroxylation sites is 1. The van der Waals surface area contributed by atoms with Crippen molar-refractivity contribution in [3.63, 3.8) is 0 Å². The highest BCUT2D eigenvalue weighted by Crippen LogP contribution is 2.41. The normalized spacial score (nSPS) is 18.0. The Kier molecular flexibility index (Phi) is 6.62. The van der Waals surface area contributed by atoms with Gasteiger partial charge in [-0.15, -0.1) is 0 Å². The van der Waals surface area contributed by atoms with Crippen LogP contribution in [0.5, 0.6) is 0 Å². The first-order chi connectivity index (χ1) is 15.4. The number of nitrogens with one attached hydrogen (secondary N) is 1. The SMILES string of the molecule is CCOC(=O)CN1C(=S)N[C@@H](c2ccccn2)[C@@H]1c1cc(C)n(-c2ccccc2Br)c1C. The van der Waals surface area contributed by atoms with Gasteiger partial charge in [-0.3, -0.25) is 9.78 Å². The molecule has 1 aliphatic rings. The summed E-state index contributed by atoms with van der Waals surface area (Å²) in [7, 11) is 0. The second kappa shape index (κ2) is 9.42. The molecule has 0 saturated carbocycles. The van der Waals surface area contributed by atoms with E-state index in [2.05, 4.69) is 56.8 Å². The molecule has 1 N–H and O–H groups in total. The molecule has 2 atom stereocenters. The maximum atomic E-state index is 12.4. The number of hydrogen-bond donors (Lipinski definition) is 1. The predicted molar refractivity (Wildman–Crippen MR) is 132 cm³/mol. The molecule has 32 heavy (non-hydrogen) atoms. The number of hydrogen-bond acceptors (Lipinski definition) is 4. The van der Waals surface area contributed by atoms with E-state index >= 15 is 0 Å². The molecule has 2 aromatic heterocycles. The third-order valence-corrected chi connectivity index (χ3v) is 6.71. The van der Waals surface area contributed by atoms with Crippen LogP contribution in [0.2, 0.25) is 0 Å². The summed E-state index contributed by atoms with van der Waals surface area (Å²) in [6, 6.07) is 15.7. The van der Waals surface area contributed by atoms with E-state index in [0.29, 0.717) is 11.7 Å². The van der Waals surface area contributed by atoms with Gasteiger partial charge < -0.3 is 19.5 Å². The van der Waals surface area contributed by atoms with Crippen LogP contribution in [0.1, 0.15) is 41.7 Å². The zero-order valence-electron chi connectivity index (χ0n) is 18.2. The van der Waals surface area contributed by atoms with E-state index in [1.807, 2.05) is 41.3 Å². The molecule has 3 heterocycles.